The van der Waals surface area contributed by atoms with Crippen molar-refractivity contribution in [2.75, 3.05) is 5.32 Å². The predicted octanol–water partition coefficient (Wildman–Crippen LogP) is 3.29. The number of benzene rings is 2. The lowest BCUT2D eigenvalue weighted by Crippen LogP contribution is -2.15. The molecule has 5 heteroatoms. The molecular weight excluding hydrogens is 255 g/mol. The summed E-state index contributed by atoms with van der Waals surface area (Å²) in [6, 6.07) is 8.89. The summed E-state index contributed by atoms with van der Waals surface area (Å²) in [7, 11) is 0. The molecule has 2 nitrogen and oxygen atoms in total. The van der Waals surface area contributed by atoms with Crippen molar-refractivity contribution >= 4 is 11.6 Å². The maximum Gasteiger partial charge on any atom is 0.228 e. The van der Waals surface area contributed by atoms with E-state index in [2.05, 4.69) is 5.32 Å². The van der Waals surface area contributed by atoms with Gasteiger partial charge in [-0.2, -0.15) is 0 Å². The Labute approximate surface area is 107 Å². The Morgan fingerprint density at radius 1 is 1.00 bits per heavy atom. The Balaban J connectivity index is 2.05. The zero-order valence-electron chi connectivity index (χ0n) is 9.79. The molecule has 0 aliphatic carbocycles. The summed E-state index contributed by atoms with van der Waals surface area (Å²) < 4.78 is 38.9. The number of halogens is 3. The number of hydrogen-bond donors (Lipinski definition) is 1. The number of nitrogens with one attached hydrogen (secondary N) is 1. The second-order valence-corrected chi connectivity index (χ2v) is 3.95. The second-order valence-electron chi connectivity index (χ2n) is 3.95. The normalized spacial score (nSPS) is 10.3. The number of anilines is 1. The molecule has 0 aromatic heterocycles. The fourth-order valence-electron chi connectivity index (χ4n) is 1.58. The fraction of sp³-hybridized carbons (Fsp3) is 0.0714. The fourth-order valence-corrected chi connectivity index (χ4v) is 1.58. The molecule has 0 unspecified atom stereocenters. The zero-order valence-corrected chi connectivity index (χ0v) is 9.79. The average Bonchev–Trinajstić information content (AvgIpc) is 2.38. The van der Waals surface area contributed by atoms with Crippen molar-refractivity contribution in [2.45, 2.75) is 6.42 Å². The molecule has 0 atom stereocenters. The molecule has 0 saturated carbocycles. The SMILES string of the molecule is O=C(Cc1ccc(F)cc1)Nc1cccc(F)c1F. The number of rotatable bonds is 3. The minimum Gasteiger partial charge on any atom is -0.323 e. The van der Waals surface area contributed by atoms with Crippen molar-refractivity contribution in [3.05, 3.63) is 65.5 Å². The van der Waals surface area contributed by atoms with E-state index in [0.29, 0.717) is 5.56 Å². The van der Waals surface area contributed by atoms with Crippen molar-refractivity contribution in [1.82, 2.24) is 0 Å². The van der Waals surface area contributed by atoms with Crippen LogP contribution in [0, 0.1) is 17.5 Å². The summed E-state index contributed by atoms with van der Waals surface area (Å²) in [6.07, 6.45) is -0.0454. The van der Waals surface area contributed by atoms with Gasteiger partial charge in [-0.05, 0) is 29.8 Å². The van der Waals surface area contributed by atoms with Crippen LogP contribution in [0.4, 0.5) is 18.9 Å². The molecule has 0 fully saturated rings. The topological polar surface area (TPSA) is 29.1 Å². The third-order valence-corrected chi connectivity index (χ3v) is 2.50. The van der Waals surface area contributed by atoms with Crippen LogP contribution in [-0.2, 0) is 11.2 Å². The lowest BCUT2D eigenvalue weighted by molar-refractivity contribution is -0.115. The standard InChI is InChI=1S/C14H10F3NO/c15-10-6-4-9(5-7-10)8-13(19)18-12-3-1-2-11(16)14(12)17/h1-7H,8H2,(H,18,19). The molecule has 2 aromatic carbocycles. The molecule has 19 heavy (non-hydrogen) atoms. The van der Waals surface area contributed by atoms with Gasteiger partial charge in [0.15, 0.2) is 11.6 Å². The molecule has 98 valence electrons. The van der Waals surface area contributed by atoms with Crippen LogP contribution in [-0.4, -0.2) is 5.91 Å². The van der Waals surface area contributed by atoms with E-state index in [4.69, 9.17) is 0 Å². The van der Waals surface area contributed by atoms with Crippen molar-refractivity contribution in [3.63, 3.8) is 0 Å². The Kier molecular flexibility index (Phi) is 3.85. The lowest BCUT2D eigenvalue weighted by Gasteiger charge is -2.06. The van der Waals surface area contributed by atoms with Gasteiger partial charge in [-0.3, -0.25) is 4.79 Å². The van der Waals surface area contributed by atoms with Crippen molar-refractivity contribution in [1.29, 1.82) is 0 Å². The molecule has 0 aliphatic heterocycles. The van der Waals surface area contributed by atoms with Gasteiger partial charge >= 0.3 is 0 Å². The van der Waals surface area contributed by atoms with Gasteiger partial charge in [-0.15, -0.1) is 0 Å². The highest BCUT2D eigenvalue weighted by molar-refractivity contribution is 5.92. The Hall–Kier alpha value is -2.30. The molecule has 0 heterocycles. The maximum atomic E-state index is 13.3. The van der Waals surface area contributed by atoms with E-state index >= 15 is 0 Å². The third-order valence-electron chi connectivity index (χ3n) is 2.50. The molecule has 0 bridgehead atoms. The highest BCUT2D eigenvalue weighted by Crippen LogP contribution is 2.16. The van der Waals surface area contributed by atoms with Gasteiger partial charge in [0, 0.05) is 0 Å². The van der Waals surface area contributed by atoms with Crippen LogP contribution in [0.25, 0.3) is 0 Å². The maximum absolute atomic E-state index is 13.3. The van der Waals surface area contributed by atoms with Gasteiger partial charge in [-0.25, -0.2) is 13.2 Å². The van der Waals surface area contributed by atoms with Crippen LogP contribution < -0.4 is 5.32 Å². The quantitative estimate of drug-likeness (QED) is 0.906. The minimum atomic E-state index is -1.10. The van der Waals surface area contributed by atoms with E-state index in [1.54, 1.807) is 0 Å². The molecule has 0 aliphatic rings. The largest absolute Gasteiger partial charge is 0.323 e. The predicted molar refractivity (Wildman–Crippen MR) is 65.1 cm³/mol. The van der Waals surface area contributed by atoms with Crippen LogP contribution in [0.3, 0.4) is 0 Å². The summed E-state index contributed by atoms with van der Waals surface area (Å²) in [5.41, 5.74) is 0.364. The van der Waals surface area contributed by atoms with Gasteiger partial charge in [0.2, 0.25) is 5.91 Å². The van der Waals surface area contributed by atoms with Crippen LogP contribution in [0.5, 0.6) is 0 Å². The molecule has 1 N–H and O–H groups in total. The van der Waals surface area contributed by atoms with E-state index in [1.165, 1.54) is 36.4 Å². The first-order valence-electron chi connectivity index (χ1n) is 5.54. The summed E-state index contributed by atoms with van der Waals surface area (Å²) in [6.45, 7) is 0. The smallest absolute Gasteiger partial charge is 0.228 e. The summed E-state index contributed by atoms with van der Waals surface area (Å²) >= 11 is 0. The zero-order chi connectivity index (χ0) is 13.8. The van der Waals surface area contributed by atoms with Crippen LogP contribution in [0.15, 0.2) is 42.5 Å². The molecule has 2 aromatic rings. The first-order valence-corrected chi connectivity index (χ1v) is 5.54. The van der Waals surface area contributed by atoms with E-state index < -0.39 is 23.4 Å². The van der Waals surface area contributed by atoms with Gasteiger partial charge in [-0.1, -0.05) is 18.2 Å². The molecular formula is C14H10F3NO. The third kappa shape index (κ3) is 3.34. The molecule has 1 amide bonds. The van der Waals surface area contributed by atoms with Crippen molar-refractivity contribution < 1.29 is 18.0 Å². The van der Waals surface area contributed by atoms with Gasteiger partial charge in [0.1, 0.15) is 5.82 Å². The van der Waals surface area contributed by atoms with Crippen LogP contribution >= 0.6 is 0 Å². The van der Waals surface area contributed by atoms with E-state index in [0.717, 1.165) is 6.07 Å². The van der Waals surface area contributed by atoms with Crippen molar-refractivity contribution in [3.8, 4) is 0 Å². The van der Waals surface area contributed by atoms with E-state index in [1.807, 2.05) is 0 Å². The number of carbonyl (C=O) groups is 1. The first kappa shape index (κ1) is 13.1. The van der Waals surface area contributed by atoms with Gasteiger partial charge in [0.05, 0.1) is 12.1 Å². The average molecular weight is 265 g/mol. The van der Waals surface area contributed by atoms with Gasteiger partial charge in [0.25, 0.3) is 0 Å². The van der Waals surface area contributed by atoms with Crippen molar-refractivity contribution in [2.24, 2.45) is 0 Å². The lowest BCUT2D eigenvalue weighted by atomic mass is 10.1. The van der Waals surface area contributed by atoms with Gasteiger partial charge < -0.3 is 5.32 Å². The summed E-state index contributed by atoms with van der Waals surface area (Å²) in [4.78, 5) is 11.6. The highest BCUT2D eigenvalue weighted by atomic mass is 19.2. The monoisotopic (exact) mass is 265 g/mol. The number of hydrogen-bond acceptors (Lipinski definition) is 1. The van der Waals surface area contributed by atoms with E-state index in [9.17, 15) is 18.0 Å². The minimum absolute atomic E-state index is 0.0454. The second kappa shape index (κ2) is 5.56. The Morgan fingerprint density at radius 3 is 2.37 bits per heavy atom. The summed E-state index contributed by atoms with van der Waals surface area (Å²) in [5, 5.41) is 2.27. The van der Waals surface area contributed by atoms with E-state index in [-0.39, 0.29) is 12.1 Å². The highest BCUT2D eigenvalue weighted by Gasteiger charge is 2.11. The van der Waals surface area contributed by atoms with Crippen LogP contribution in [0.1, 0.15) is 5.56 Å². The van der Waals surface area contributed by atoms with Crippen LogP contribution in [0.2, 0.25) is 0 Å². The Morgan fingerprint density at radius 2 is 1.68 bits per heavy atom. The molecule has 0 radical (unpaired) electrons. The number of amides is 1. The summed E-state index contributed by atoms with van der Waals surface area (Å²) in [5.74, 6) is -3.04. The Bertz CT molecular complexity index is 596. The molecule has 2 rings (SSSR count). The first-order chi connectivity index (χ1) is 9.06. The molecule has 0 saturated heterocycles. The molecule has 0 spiro atoms. The number of carbonyl (C=O) groups excluding carboxylic acids is 1.